The molecule has 0 saturated heterocycles. The van der Waals surface area contributed by atoms with Crippen molar-refractivity contribution in [3.05, 3.63) is 30.0 Å². The standard InChI is InChI=1S/C17H18F3N7O/c1-3-21-15-11(17(18,19)20)7-22-16(25-15)24-13-6-12(14-9(2)28-8-23-14)26-27(13)10-4-5-10/h6-8,10H,3-5H2,1-2H3,(H2,21,22,24,25). The van der Waals surface area contributed by atoms with Gasteiger partial charge in [-0.1, -0.05) is 0 Å². The minimum Gasteiger partial charge on any atom is -0.448 e. The van der Waals surface area contributed by atoms with Crippen LogP contribution in [0.4, 0.5) is 30.8 Å². The second-order valence-electron chi connectivity index (χ2n) is 6.46. The Kier molecular flexibility index (Phi) is 4.44. The van der Waals surface area contributed by atoms with E-state index in [2.05, 4.69) is 30.7 Å². The van der Waals surface area contributed by atoms with E-state index in [0.717, 1.165) is 19.0 Å². The molecule has 3 aromatic heterocycles. The predicted molar refractivity (Wildman–Crippen MR) is 95.2 cm³/mol. The van der Waals surface area contributed by atoms with Crippen molar-refractivity contribution in [3.63, 3.8) is 0 Å². The summed E-state index contributed by atoms with van der Waals surface area (Å²) in [6, 6.07) is 1.99. The van der Waals surface area contributed by atoms with Crippen LogP contribution in [0, 0.1) is 6.92 Å². The number of hydrogen-bond donors (Lipinski definition) is 2. The number of rotatable bonds is 6. The SMILES string of the molecule is CCNc1nc(Nc2cc(-c3ncoc3C)nn2C2CC2)ncc1C(F)(F)F. The average molecular weight is 393 g/mol. The molecular formula is C17H18F3N7O. The molecule has 0 amide bonds. The smallest absolute Gasteiger partial charge is 0.421 e. The number of aryl methyl sites for hydroxylation is 1. The van der Waals surface area contributed by atoms with E-state index in [0.29, 0.717) is 29.5 Å². The lowest BCUT2D eigenvalue weighted by molar-refractivity contribution is -0.137. The molecule has 1 aliphatic carbocycles. The predicted octanol–water partition coefficient (Wildman–Crippen LogP) is 4.17. The first-order valence-corrected chi connectivity index (χ1v) is 8.82. The van der Waals surface area contributed by atoms with Gasteiger partial charge < -0.3 is 15.1 Å². The summed E-state index contributed by atoms with van der Waals surface area (Å²) in [5, 5.41) is 10.2. The van der Waals surface area contributed by atoms with Crippen LogP contribution in [0.1, 0.15) is 37.1 Å². The summed E-state index contributed by atoms with van der Waals surface area (Å²) >= 11 is 0. The van der Waals surface area contributed by atoms with Crippen molar-refractivity contribution in [1.82, 2.24) is 24.7 Å². The van der Waals surface area contributed by atoms with Gasteiger partial charge >= 0.3 is 6.18 Å². The summed E-state index contributed by atoms with van der Waals surface area (Å²) in [4.78, 5) is 12.0. The molecule has 28 heavy (non-hydrogen) atoms. The van der Waals surface area contributed by atoms with Gasteiger partial charge in [0.2, 0.25) is 5.95 Å². The monoisotopic (exact) mass is 393 g/mol. The molecule has 0 atom stereocenters. The third-order valence-electron chi connectivity index (χ3n) is 4.29. The molecule has 0 bridgehead atoms. The Hall–Kier alpha value is -3.11. The van der Waals surface area contributed by atoms with Gasteiger partial charge in [0.25, 0.3) is 0 Å². The lowest BCUT2D eigenvalue weighted by Crippen LogP contribution is -2.14. The van der Waals surface area contributed by atoms with Crippen molar-refractivity contribution < 1.29 is 17.6 Å². The Bertz CT molecular complexity index is 991. The zero-order chi connectivity index (χ0) is 19.9. The largest absolute Gasteiger partial charge is 0.448 e. The highest BCUT2D eigenvalue weighted by molar-refractivity contribution is 5.64. The first-order valence-electron chi connectivity index (χ1n) is 8.82. The molecule has 0 unspecified atom stereocenters. The quantitative estimate of drug-likeness (QED) is 0.649. The maximum absolute atomic E-state index is 13.1. The molecule has 0 spiro atoms. The molecule has 4 rings (SSSR count). The van der Waals surface area contributed by atoms with Gasteiger partial charge in [0, 0.05) is 18.8 Å². The minimum atomic E-state index is -4.54. The molecule has 11 heteroatoms. The molecular weight excluding hydrogens is 375 g/mol. The minimum absolute atomic E-state index is 0.0502. The zero-order valence-electron chi connectivity index (χ0n) is 15.2. The van der Waals surface area contributed by atoms with Crippen LogP contribution in [-0.2, 0) is 6.18 Å². The molecule has 1 aliphatic rings. The van der Waals surface area contributed by atoms with Gasteiger partial charge in [-0.25, -0.2) is 14.6 Å². The third-order valence-corrected chi connectivity index (χ3v) is 4.29. The van der Waals surface area contributed by atoms with Gasteiger partial charge in [0.05, 0.1) is 6.04 Å². The molecule has 8 nitrogen and oxygen atoms in total. The molecule has 3 heterocycles. The summed E-state index contributed by atoms with van der Waals surface area (Å²) in [6.45, 7) is 3.78. The zero-order valence-corrected chi connectivity index (χ0v) is 15.2. The number of alkyl halides is 3. The molecule has 1 fully saturated rings. The molecule has 0 aromatic carbocycles. The van der Waals surface area contributed by atoms with E-state index in [1.165, 1.54) is 6.39 Å². The van der Waals surface area contributed by atoms with Gasteiger partial charge in [0.1, 0.15) is 34.3 Å². The normalized spacial score (nSPS) is 14.3. The summed E-state index contributed by atoms with van der Waals surface area (Å²) in [5.41, 5.74) is 0.318. The van der Waals surface area contributed by atoms with E-state index in [-0.39, 0.29) is 17.8 Å². The van der Waals surface area contributed by atoms with Crippen LogP contribution in [0.2, 0.25) is 0 Å². The van der Waals surface area contributed by atoms with Crippen molar-refractivity contribution in [2.75, 3.05) is 17.2 Å². The van der Waals surface area contributed by atoms with E-state index in [9.17, 15) is 13.2 Å². The fourth-order valence-corrected chi connectivity index (χ4v) is 2.82. The van der Waals surface area contributed by atoms with E-state index in [4.69, 9.17) is 4.42 Å². The number of aromatic nitrogens is 5. The highest BCUT2D eigenvalue weighted by Crippen LogP contribution is 2.39. The van der Waals surface area contributed by atoms with Gasteiger partial charge in [-0.3, -0.25) is 0 Å². The van der Waals surface area contributed by atoms with Gasteiger partial charge in [0.15, 0.2) is 6.39 Å². The Labute approximate surface area is 158 Å². The fourth-order valence-electron chi connectivity index (χ4n) is 2.82. The molecule has 0 aliphatic heterocycles. The van der Waals surface area contributed by atoms with E-state index in [1.807, 2.05) is 0 Å². The Morgan fingerprint density at radius 2 is 2.07 bits per heavy atom. The van der Waals surface area contributed by atoms with Gasteiger partial charge in [-0.05, 0) is 26.7 Å². The van der Waals surface area contributed by atoms with Crippen LogP contribution < -0.4 is 10.6 Å². The third kappa shape index (κ3) is 3.51. The number of nitrogens with zero attached hydrogens (tertiary/aromatic N) is 5. The van der Waals surface area contributed by atoms with Crippen molar-refractivity contribution >= 4 is 17.6 Å². The van der Waals surface area contributed by atoms with Crippen molar-refractivity contribution in [2.45, 2.75) is 38.9 Å². The van der Waals surface area contributed by atoms with Crippen LogP contribution in [0.25, 0.3) is 11.4 Å². The van der Waals surface area contributed by atoms with E-state index in [1.54, 1.807) is 24.6 Å². The first-order chi connectivity index (χ1) is 13.4. The number of oxazole rings is 1. The van der Waals surface area contributed by atoms with E-state index >= 15 is 0 Å². The maximum atomic E-state index is 13.1. The molecule has 3 aromatic rings. The van der Waals surface area contributed by atoms with E-state index < -0.39 is 11.7 Å². The van der Waals surface area contributed by atoms with Crippen LogP contribution in [-0.4, -0.2) is 31.3 Å². The van der Waals surface area contributed by atoms with Crippen LogP contribution in [0.5, 0.6) is 0 Å². The fraction of sp³-hybridized carbons (Fsp3) is 0.412. The van der Waals surface area contributed by atoms with Crippen LogP contribution in [0.15, 0.2) is 23.1 Å². The van der Waals surface area contributed by atoms with Crippen molar-refractivity contribution in [3.8, 4) is 11.4 Å². The topological polar surface area (TPSA) is 93.7 Å². The summed E-state index contributed by atoms with van der Waals surface area (Å²) in [5.74, 6) is 1.00. The number of anilines is 3. The molecule has 148 valence electrons. The maximum Gasteiger partial charge on any atom is 0.421 e. The Morgan fingerprint density at radius 3 is 2.68 bits per heavy atom. The van der Waals surface area contributed by atoms with Crippen LogP contribution in [0.3, 0.4) is 0 Å². The average Bonchev–Trinajstić information content (AvgIpc) is 3.25. The second kappa shape index (κ2) is 6.80. The molecule has 1 saturated carbocycles. The molecule has 2 N–H and O–H groups in total. The Balaban J connectivity index is 1.68. The summed E-state index contributed by atoms with van der Waals surface area (Å²) in [7, 11) is 0. The van der Waals surface area contributed by atoms with Gasteiger partial charge in [-0.2, -0.15) is 23.3 Å². The highest BCUT2D eigenvalue weighted by Gasteiger charge is 2.35. The number of halogens is 3. The number of hydrogen-bond acceptors (Lipinski definition) is 7. The first kappa shape index (κ1) is 18.3. The highest BCUT2D eigenvalue weighted by atomic mass is 19.4. The summed E-state index contributed by atoms with van der Waals surface area (Å²) < 4.78 is 46.4. The van der Waals surface area contributed by atoms with Crippen LogP contribution >= 0.6 is 0 Å². The van der Waals surface area contributed by atoms with Crippen molar-refractivity contribution in [2.24, 2.45) is 0 Å². The lowest BCUT2D eigenvalue weighted by atomic mass is 10.3. The number of nitrogens with one attached hydrogen (secondary N) is 2. The van der Waals surface area contributed by atoms with Crippen molar-refractivity contribution in [1.29, 1.82) is 0 Å². The molecule has 0 radical (unpaired) electrons. The van der Waals surface area contributed by atoms with Gasteiger partial charge in [-0.15, -0.1) is 0 Å². The Morgan fingerprint density at radius 1 is 1.29 bits per heavy atom. The summed E-state index contributed by atoms with van der Waals surface area (Å²) in [6.07, 6.45) is -0.471. The second-order valence-corrected chi connectivity index (χ2v) is 6.46. The lowest BCUT2D eigenvalue weighted by Gasteiger charge is -2.14.